The molecule has 5 rings (SSSR count). The van der Waals surface area contributed by atoms with Gasteiger partial charge in [0, 0.05) is 54.9 Å². The van der Waals surface area contributed by atoms with E-state index in [-0.39, 0.29) is 40.2 Å². The van der Waals surface area contributed by atoms with Gasteiger partial charge in [0.1, 0.15) is 22.9 Å². The number of pyridine rings is 1. The first kappa shape index (κ1) is 27.3. The number of aromatic hydroxyl groups is 1. The average Bonchev–Trinajstić information content (AvgIpc) is 2.94. The lowest BCUT2D eigenvalue weighted by Crippen LogP contribution is -2.48. The number of hydrogen-bond donors (Lipinski definition) is 1. The van der Waals surface area contributed by atoms with Crippen LogP contribution in [0.5, 0.6) is 11.8 Å². The Morgan fingerprint density at radius 2 is 1.85 bits per heavy atom. The number of halogens is 3. The first-order valence-electron chi connectivity index (χ1n) is 12.7. The van der Waals surface area contributed by atoms with Crippen LogP contribution in [0.1, 0.15) is 11.4 Å². The van der Waals surface area contributed by atoms with E-state index >= 15 is 4.39 Å². The number of carbonyl (C=O) groups is 1. The first-order valence-corrected chi connectivity index (χ1v) is 13.0. The van der Waals surface area contributed by atoms with Crippen molar-refractivity contribution in [2.45, 2.75) is 13.3 Å². The zero-order chi connectivity index (χ0) is 28.4. The van der Waals surface area contributed by atoms with Crippen molar-refractivity contribution < 1.29 is 23.4 Å². The number of hydrogen-bond acceptors (Lipinski definition) is 7. The molecule has 0 spiro atoms. The summed E-state index contributed by atoms with van der Waals surface area (Å²) in [6.07, 6.45) is 1.73. The molecule has 0 unspecified atom stereocenters. The third-order valence-electron chi connectivity index (χ3n) is 6.68. The molecule has 0 saturated carbocycles. The Morgan fingerprint density at radius 3 is 2.55 bits per heavy atom. The minimum atomic E-state index is -0.919. The standard InChI is InChI=1S/C29H26ClF2N5O3/c1-3-23(39)36-11-13-37(14-12-36)28-19-16-20(30)24(25-21(31)8-5-9-22(25)38)26(32)27(19)34-29(35-28)40-15-10-18-7-4-6-17(2)33-18/h3-9,16,38H,1,10-15H2,2H3. The summed E-state index contributed by atoms with van der Waals surface area (Å²) in [5.41, 5.74) is 0.876. The van der Waals surface area contributed by atoms with Crippen molar-refractivity contribution in [2.24, 2.45) is 0 Å². The van der Waals surface area contributed by atoms with Gasteiger partial charge in [-0.1, -0.05) is 30.3 Å². The van der Waals surface area contributed by atoms with Crippen LogP contribution in [0.2, 0.25) is 5.02 Å². The second-order valence-corrected chi connectivity index (χ2v) is 9.70. The van der Waals surface area contributed by atoms with E-state index in [0.29, 0.717) is 43.8 Å². The highest BCUT2D eigenvalue weighted by Gasteiger charge is 2.27. The largest absolute Gasteiger partial charge is 0.507 e. The fourth-order valence-corrected chi connectivity index (χ4v) is 4.99. The molecule has 8 nitrogen and oxygen atoms in total. The minimum absolute atomic E-state index is 0.0790. The number of nitrogens with zero attached hydrogens (tertiary/aromatic N) is 5. The van der Waals surface area contributed by atoms with E-state index in [2.05, 4.69) is 21.5 Å². The Morgan fingerprint density at radius 1 is 1.10 bits per heavy atom. The molecule has 1 aliphatic heterocycles. The predicted molar refractivity (Wildman–Crippen MR) is 149 cm³/mol. The Bertz CT molecular complexity index is 1590. The number of piperazine rings is 1. The smallest absolute Gasteiger partial charge is 0.319 e. The second kappa shape index (κ2) is 11.4. The fraction of sp³-hybridized carbons (Fsp3) is 0.241. The zero-order valence-electron chi connectivity index (χ0n) is 21.7. The molecule has 0 atom stereocenters. The Kier molecular flexibility index (Phi) is 7.79. The van der Waals surface area contributed by atoms with Gasteiger partial charge in [-0.05, 0) is 43.3 Å². The van der Waals surface area contributed by atoms with Crippen LogP contribution in [-0.4, -0.2) is 63.7 Å². The van der Waals surface area contributed by atoms with Gasteiger partial charge in [-0.15, -0.1) is 0 Å². The number of rotatable bonds is 7. The summed E-state index contributed by atoms with van der Waals surface area (Å²) < 4.78 is 36.7. The molecule has 1 fully saturated rings. The summed E-state index contributed by atoms with van der Waals surface area (Å²) in [7, 11) is 0. The van der Waals surface area contributed by atoms with Gasteiger partial charge >= 0.3 is 6.01 Å². The van der Waals surface area contributed by atoms with Gasteiger partial charge in [0.15, 0.2) is 5.82 Å². The number of phenols is 1. The van der Waals surface area contributed by atoms with Gasteiger partial charge in [-0.2, -0.15) is 9.97 Å². The van der Waals surface area contributed by atoms with E-state index < -0.39 is 17.4 Å². The van der Waals surface area contributed by atoms with Crippen molar-refractivity contribution in [3.8, 4) is 22.9 Å². The number of aromatic nitrogens is 3. The molecule has 1 amide bonds. The quantitative estimate of drug-likeness (QED) is 0.312. The molecule has 1 saturated heterocycles. The number of benzene rings is 2. The van der Waals surface area contributed by atoms with Gasteiger partial charge in [-0.3, -0.25) is 9.78 Å². The number of phenolic OH excluding ortho intramolecular Hbond substituents is 1. The van der Waals surface area contributed by atoms with Gasteiger partial charge in [0.2, 0.25) is 5.91 Å². The van der Waals surface area contributed by atoms with E-state index in [9.17, 15) is 14.3 Å². The summed E-state index contributed by atoms with van der Waals surface area (Å²) in [5.74, 6) is -2.02. The van der Waals surface area contributed by atoms with Crippen LogP contribution < -0.4 is 9.64 Å². The molecule has 2 aromatic carbocycles. The Labute approximate surface area is 234 Å². The van der Waals surface area contributed by atoms with Crippen molar-refractivity contribution in [3.05, 3.63) is 83.2 Å². The van der Waals surface area contributed by atoms with Crippen molar-refractivity contribution in [1.82, 2.24) is 19.9 Å². The molecule has 2 aromatic heterocycles. The summed E-state index contributed by atoms with van der Waals surface area (Å²) in [6.45, 7) is 7.24. The lowest BCUT2D eigenvalue weighted by molar-refractivity contribution is -0.126. The van der Waals surface area contributed by atoms with Crippen LogP contribution in [0.25, 0.3) is 22.0 Å². The van der Waals surface area contributed by atoms with Crippen LogP contribution in [0.3, 0.4) is 0 Å². The zero-order valence-corrected chi connectivity index (χ0v) is 22.5. The van der Waals surface area contributed by atoms with Crippen LogP contribution in [0, 0.1) is 18.6 Å². The topological polar surface area (TPSA) is 91.7 Å². The molecule has 11 heteroatoms. The third kappa shape index (κ3) is 5.40. The summed E-state index contributed by atoms with van der Waals surface area (Å²) >= 11 is 6.49. The molecule has 4 aromatic rings. The monoisotopic (exact) mass is 565 g/mol. The molecule has 1 N–H and O–H groups in total. The highest BCUT2D eigenvalue weighted by molar-refractivity contribution is 6.34. The number of fused-ring (bicyclic) bond motifs is 1. The van der Waals surface area contributed by atoms with Gasteiger partial charge in [0.05, 0.1) is 17.2 Å². The molecule has 206 valence electrons. The average molecular weight is 566 g/mol. The van der Waals surface area contributed by atoms with E-state index in [1.807, 2.05) is 30.0 Å². The number of aryl methyl sites for hydroxylation is 1. The highest BCUT2D eigenvalue weighted by atomic mass is 35.5. The third-order valence-corrected chi connectivity index (χ3v) is 6.98. The molecule has 0 aliphatic carbocycles. The molecule has 1 aliphatic rings. The maximum Gasteiger partial charge on any atom is 0.319 e. The van der Waals surface area contributed by atoms with E-state index in [1.54, 1.807) is 4.90 Å². The van der Waals surface area contributed by atoms with Crippen LogP contribution in [0.15, 0.2) is 55.1 Å². The molecule has 40 heavy (non-hydrogen) atoms. The molecular formula is C29H26ClF2N5O3. The van der Waals surface area contributed by atoms with Crippen molar-refractivity contribution in [1.29, 1.82) is 0 Å². The normalized spacial score (nSPS) is 13.5. The number of anilines is 1. The first-order chi connectivity index (χ1) is 19.3. The summed E-state index contributed by atoms with van der Waals surface area (Å²) in [4.78, 5) is 29.0. The van der Waals surface area contributed by atoms with E-state index in [0.717, 1.165) is 17.5 Å². The minimum Gasteiger partial charge on any atom is -0.507 e. The number of carbonyl (C=O) groups excluding carboxylic acids is 1. The highest BCUT2D eigenvalue weighted by Crippen LogP contribution is 2.42. The van der Waals surface area contributed by atoms with Crippen LogP contribution in [0.4, 0.5) is 14.6 Å². The number of ether oxygens (including phenoxy) is 1. The van der Waals surface area contributed by atoms with Gasteiger partial charge in [-0.25, -0.2) is 8.78 Å². The Balaban J connectivity index is 1.57. The SMILES string of the molecule is C=CC(=O)N1CCN(c2nc(OCCc3cccc(C)n3)nc3c(F)c(-c4c(O)cccc4F)c(Cl)cc23)CC1. The molecule has 3 heterocycles. The van der Waals surface area contributed by atoms with Crippen LogP contribution in [-0.2, 0) is 11.2 Å². The maximum atomic E-state index is 16.1. The van der Waals surface area contributed by atoms with Crippen molar-refractivity contribution in [2.75, 3.05) is 37.7 Å². The van der Waals surface area contributed by atoms with Crippen molar-refractivity contribution in [3.63, 3.8) is 0 Å². The van der Waals surface area contributed by atoms with E-state index in [1.165, 1.54) is 24.3 Å². The number of amides is 1. The van der Waals surface area contributed by atoms with E-state index in [4.69, 9.17) is 16.3 Å². The summed E-state index contributed by atoms with van der Waals surface area (Å²) in [6, 6.07) is 10.7. The lowest BCUT2D eigenvalue weighted by atomic mass is 10.0. The molecule has 0 bridgehead atoms. The Hall–Kier alpha value is -4.31. The molecule has 0 radical (unpaired) electrons. The second-order valence-electron chi connectivity index (χ2n) is 9.29. The van der Waals surface area contributed by atoms with Crippen molar-refractivity contribution >= 4 is 34.2 Å². The maximum absolute atomic E-state index is 16.1. The van der Waals surface area contributed by atoms with Crippen LogP contribution >= 0.6 is 11.6 Å². The van der Waals surface area contributed by atoms with Gasteiger partial charge < -0.3 is 19.6 Å². The van der Waals surface area contributed by atoms with Gasteiger partial charge in [0.25, 0.3) is 0 Å². The summed E-state index contributed by atoms with van der Waals surface area (Å²) in [5, 5.41) is 10.5. The lowest BCUT2D eigenvalue weighted by Gasteiger charge is -2.35. The predicted octanol–water partition coefficient (Wildman–Crippen LogP) is 5.09. The molecular weight excluding hydrogens is 540 g/mol. The fourth-order valence-electron chi connectivity index (χ4n) is 4.71.